The molecule has 2 unspecified atom stereocenters. The second-order valence-corrected chi connectivity index (χ2v) is 13.0. The number of benzene rings is 3. The zero-order valence-corrected chi connectivity index (χ0v) is 24.9. The summed E-state index contributed by atoms with van der Waals surface area (Å²) in [5, 5.41) is 2.87. The Kier molecular flexibility index (Phi) is 7.59. The van der Waals surface area contributed by atoms with Crippen LogP contribution in [0.1, 0.15) is 60.4 Å². The molecule has 0 radical (unpaired) electrons. The molecular weight excluding hydrogens is 608 g/mol. The quantitative estimate of drug-likeness (QED) is 0.287. The number of fused-ring (bicyclic) bond motifs is 2. The SMILES string of the molecule is C[C@H]1CN(C2CCC(C(=O)NCc3cc(F)cc(C(F)(F)F)c3)(c3cccc(Br)c3)C2)CC[C@@]12C=Cc1ccccc12. The van der Waals surface area contributed by atoms with Crippen LogP contribution < -0.4 is 5.32 Å². The van der Waals surface area contributed by atoms with E-state index in [9.17, 15) is 22.4 Å². The lowest BCUT2D eigenvalue weighted by Crippen LogP contribution is -2.51. The molecule has 220 valence electrons. The second kappa shape index (κ2) is 10.9. The first-order chi connectivity index (χ1) is 20.0. The third-order valence-corrected chi connectivity index (χ3v) is 10.3. The highest BCUT2D eigenvalue weighted by molar-refractivity contribution is 9.10. The van der Waals surface area contributed by atoms with Crippen LogP contribution in [0.2, 0.25) is 0 Å². The zero-order chi connectivity index (χ0) is 29.7. The number of halogens is 5. The molecule has 1 spiro atoms. The molecule has 4 atom stereocenters. The van der Waals surface area contributed by atoms with Crippen molar-refractivity contribution in [3.8, 4) is 0 Å². The highest BCUT2D eigenvalue weighted by atomic mass is 79.9. The number of piperidine rings is 1. The molecule has 1 N–H and O–H groups in total. The molecule has 1 saturated carbocycles. The third kappa shape index (κ3) is 5.21. The molecule has 0 bridgehead atoms. The number of carbonyl (C=O) groups excluding carboxylic acids is 1. The van der Waals surface area contributed by atoms with Crippen LogP contribution in [0.25, 0.3) is 6.08 Å². The Labute approximate surface area is 252 Å². The Morgan fingerprint density at radius 2 is 1.88 bits per heavy atom. The number of nitrogens with zero attached hydrogens (tertiary/aromatic N) is 1. The van der Waals surface area contributed by atoms with Gasteiger partial charge in [0.05, 0.1) is 11.0 Å². The van der Waals surface area contributed by atoms with Gasteiger partial charge in [0.15, 0.2) is 0 Å². The van der Waals surface area contributed by atoms with Crippen LogP contribution in [0.3, 0.4) is 0 Å². The fourth-order valence-corrected chi connectivity index (χ4v) is 7.94. The van der Waals surface area contributed by atoms with Crippen molar-refractivity contribution in [3.05, 3.63) is 111 Å². The highest BCUT2D eigenvalue weighted by Crippen LogP contribution is 2.50. The fraction of sp³-hybridized carbons (Fsp3) is 0.382. The summed E-state index contributed by atoms with van der Waals surface area (Å²) in [5.41, 5.74) is 1.78. The molecule has 1 saturated heterocycles. The maximum atomic E-state index is 14.0. The Morgan fingerprint density at radius 1 is 1.07 bits per heavy atom. The summed E-state index contributed by atoms with van der Waals surface area (Å²) >= 11 is 3.54. The van der Waals surface area contributed by atoms with Crippen molar-refractivity contribution in [1.29, 1.82) is 0 Å². The Hall–Kier alpha value is -2.97. The molecule has 8 heteroatoms. The van der Waals surface area contributed by atoms with Gasteiger partial charge < -0.3 is 5.32 Å². The predicted octanol–water partition coefficient (Wildman–Crippen LogP) is 8.02. The van der Waals surface area contributed by atoms with Gasteiger partial charge in [-0.15, -0.1) is 0 Å². The van der Waals surface area contributed by atoms with Gasteiger partial charge in [-0.2, -0.15) is 13.2 Å². The number of nitrogens with one attached hydrogen (secondary N) is 1. The number of hydrogen-bond acceptors (Lipinski definition) is 2. The number of rotatable bonds is 5. The Balaban J connectivity index is 1.22. The van der Waals surface area contributed by atoms with E-state index in [2.05, 4.69) is 69.5 Å². The minimum absolute atomic E-state index is 0.0324. The fourth-order valence-electron chi connectivity index (χ4n) is 7.54. The zero-order valence-electron chi connectivity index (χ0n) is 23.4. The van der Waals surface area contributed by atoms with Crippen molar-refractivity contribution in [2.45, 2.75) is 62.2 Å². The average molecular weight is 642 g/mol. The molecule has 3 aliphatic rings. The minimum Gasteiger partial charge on any atom is -0.351 e. The molecule has 3 aromatic rings. The summed E-state index contributed by atoms with van der Waals surface area (Å²) in [6.45, 7) is 3.97. The molecule has 6 rings (SSSR count). The Bertz CT molecular complexity index is 1540. The topological polar surface area (TPSA) is 32.3 Å². The van der Waals surface area contributed by atoms with Crippen molar-refractivity contribution in [1.82, 2.24) is 10.2 Å². The number of amides is 1. The first kappa shape index (κ1) is 29.1. The molecule has 3 aromatic carbocycles. The van der Waals surface area contributed by atoms with Crippen LogP contribution in [0.15, 0.2) is 77.3 Å². The number of alkyl halides is 3. The van der Waals surface area contributed by atoms with Crippen LogP contribution >= 0.6 is 15.9 Å². The number of carbonyl (C=O) groups is 1. The van der Waals surface area contributed by atoms with E-state index in [0.717, 1.165) is 48.1 Å². The maximum Gasteiger partial charge on any atom is 0.416 e. The van der Waals surface area contributed by atoms with Crippen LogP contribution in [-0.4, -0.2) is 29.9 Å². The molecule has 42 heavy (non-hydrogen) atoms. The molecule has 2 fully saturated rings. The summed E-state index contributed by atoms with van der Waals surface area (Å²) in [6, 6.07) is 18.9. The first-order valence-electron chi connectivity index (χ1n) is 14.4. The normalized spacial score (nSPS) is 27.4. The van der Waals surface area contributed by atoms with Gasteiger partial charge in [0.2, 0.25) is 5.91 Å². The summed E-state index contributed by atoms with van der Waals surface area (Å²) in [6.07, 6.45) is 3.03. The van der Waals surface area contributed by atoms with Gasteiger partial charge in [-0.05, 0) is 90.7 Å². The smallest absolute Gasteiger partial charge is 0.351 e. The molecule has 0 aromatic heterocycles. The van der Waals surface area contributed by atoms with E-state index in [4.69, 9.17) is 0 Å². The lowest BCUT2D eigenvalue weighted by atomic mass is 9.67. The van der Waals surface area contributed by atoms with E-state index in [0.29, 0.717) is 24.8 Å². The summed E-state index contributed by atoms with van der Waals surface area (Å²) < 4.78 is 54.7. The van der Waals surface area contributed by atoms with E-state index in [1.54, 1.807) is 0 Å². The molecular formula is C34H33BrF4N2O. The number of hydrogen-bond donors (Lipinski definition) is 1. The van der Waals surface area contributed by atoms with Gasteiger partial charge in [0, 0.05) is 29.0 Å². The van der Waals surface area contributed by atoms with Gasteiger partial charge in [-0.25, -0.2) is 4.39 Å². The Morgan fingerprint density at radius 3 is 2.64 bits per heavy atom. The van der Waals surface area contributed by atoms with E-state index < -0.39 is 23.0 Å². The lowest BCUT2D eigenvalue weighted by Gasteiger charge is -2.46. The molecule has 1 aliphatic heterocycles. The van der Waals surface area contributed by atoms with Gasteiger partial charge in [-0.3, -0.25) is 9.69 Å². The maximum absolute atomic E-state index is 14.0. The van der Waals surface area contributed by atoms with E-state index >= 15 is 0 Å². The van der Waals surface area contributed by atoms with Crippen LogP contribution in [0.4, 0.5) is 17.6 Å². The molecule has 2 aliphatic carbocycles. The van der Waals surface area contributed by atoms with E-state index in [1.807, 2.05) is 24.3 Å². The van der Waals surface area contributed by atoms with Crippen molar-refractivity contribution in [2.75, 3.05) is 13.1 Å². The van der Waals surface area contributed by atoms with Crippen molar-refractivity contribution >= 4 is 27.9 Å². The van der Waals surface area contributed by atoms with Gasteiger partial charge in [-0.1, -0.05) is 71.4 Å². The highest BCUT2D eigenvalue weighted by Gasteiger charge is 2.51. The molecule has 3 nitrogen and oxygen atoms in total. The molecule has 1 heterocycles. The van der Waals surface area contributed by atoms with Gasteiger partial charge >= 0.3 is 6.18 Å². The van der Waals surface area contributed by atoms with Gasteiger partial charge in [0.25, 0.3) is 0 Å². The second-order valence-electron chi connectivity index (χ2n) is 12.1. The van der Waals surface area contributed by atoms with Crippen LogP contribution in [0.5, 0.6) is 0 Å². The monoisotopic (exact) mass is 640 g/mol. The predicted molar refractivity (Wildman–Crippen MR) is 159 cm³/mol. The van der Waals surface area contributed by atoms with Crippen molar-refractivity contribution in [3.63, 3.8) is 0 Å². The van der Waals surface area contributed by atoms with Crippen molar-refractivity contribution < 1.29 is 22.4 Å². The lowest BCUT2D eigenvalue weighted by molar-refractivity contribution is -0.137. The van der Waals surface area contributed by atoms with Crippen LogP contribution in [-0.2, 0) is 28.3 Å². The first-order valence-corrected chi connectivity index (χ1v) is 15.2. The van der Waals surface area contributed by atoms with Crippen LogP contribution in [0, 0.1) is 11.7 Å². The standard InChI is InChI=1S/C34H33BrF4N2O/c1-22-21-41(14-13-32(22)11-9-24-5-2-3-8-30(24)32)29-10-12-33(19-29,25-6-4-7-27(35)17-25)31(42)40-20-23-15-26(34(37,38)39)18-28(36)16-23/h2-9,11,15-18,22,29H,10,12-14,19-21H2,1H3,(H,40,42)/t22-,29?,32-,33?/m0/s1. The van der Waals surface area contributed by atoms with E-state index in [-0.39, 0.29) is 29.5 Å². The summed E-state index contributed by atoms with van der Waals surface area (Å²) in [7, 11) is 0. The van der Waals surface area contributed by atoms with Gasteiger partial charge in [0.1, 0.15) is 5.82 Å². The minimum atomic E-state index is -4.67. The summed E-state index contributed by atoms with van der Waals surface area (Å²) in [5.74, 6) is -0.819. The summed E-state index contributed by atoms with van der Waals surface area (Å²) in [4.78, 5) is 16.5. The average Bonchev–Trinajstić information content (AvgIpc) is 3.57. The number of allylic oxidation sites excluding steroid dienone is 1. The van der Waals surface area contributed by atoms with Crippen molar-refractivity contribution in [2.24, 2.45) is 5.92 Å². The largest absolute Gasteiger partial charge is 0.416 e. The third-order valence-electron chi connectivity index (χ3n) is 9.78. The van der Waals surface area contributed by atoms with E-state index in [1.165, 1.54) is 11.1 Å². The number of likely N-dealkylation sites (tertiary alicyclic amines) is 1. The molecule has 1 amide bonds.